The van der Waals surface area contributed by atoms with Gasteiger partial charge in [-0.3, -0.25) is 14.0 Å². The molecule has 0 saturated carbocycles. The highest BCUT2D eigenvalue weighted by Gasteiger charge is 2.23. The molecule has 0 aliphatic carbocycles. The Balaban J connectivity index is 1.53. The molecule has 0 radical (unpaired) electrons. The fourth-order valence-corrected chi connectivity index (χ4v) is 4.13. The van der Waals surface area contributed by atoms with Gasteiger partial charge in [-0.25, -0.2) is 4.39 Å². The van der Waals surface area contributed by atoms with Gasteiger partial charge in [0.25, 0.3) is 11.5 Å². The minimum atomic E-state index is -0.343. The molecule has 3 heterocycles. The first-order chi connectivity index (χ1) is 14.5. The van der Waals surface area contributed by atoms with Crippen LogP contribution >= 0.6 is 0 Å². The molecule has 1 aliphatic heterocycles. The van der Waals surface area contributed by atoms with Crippen molar-refractivity contribution < 1.29 is 9.18 Å². The molecule has 152 valence electrons. The molecule has 0 unspecified atom stereocenters. The number of carbonyl (C=O) groups is 1. The van der Waals surface area contributed by atoms with E-state index in [9.17, 15) is 14.0 Å². The first kappa shape index (κ1) is 18.5. The number of H-pyrrole nitrogens is 1. The van der Waals surface area contributed by atoms with Crippen LogP contribution in [0.25, 0.3) is 16.7 Å². The van der Waals surface area contributed by atoms with Gasteiger partial charge < -0.3 is 9.88 Å². The highest BCUT2D eigenvalue weighted by atomic mass is 19.1. The summed E-state index contributed by atoms with van der Waals surface area (Å²) >= 11 is 0. The topological polar surface area (TPSA) is 83.4 Å². The Morgan fingerprint density at radius 3 is 2.87 bits per heavy atom. The van der Waals surface area contributed by atoms with E-state index in [1.165, 1.54) is 12.1 Å². The molecule has 0 bridgehead atoms. The number of amides is 1. The normalized spacial score (nSPS) is 13.7. The van der Waals surface area contributed by atoms with Crippen molar-refractivity contribution in [2.45, 2.75) is 32.7 Å². The summed E-state index contributed by atoms with van der Waals surface area (Å²) in [6.45, 7) is 2.97. The number of aromatic amines is 1. The van der Waals surface area contributed by atoms with Crippen molar-refractivity contribution in [3.05, 3.63) is 75.1 Å². The second kappa shape index (κ2) is 7.05. The van der Waals surface area contributed by atoms with Crippen molar-refractivity contribution in [3.63, 3.8) is 0 Å². The monoisotopic (exact) mass is 405 g/mol. The van der Waals surface area contributed by atoms with Crippen molar-refractivity contribution >= 4 is 22.6 Å². The van der Waals surface area contributed by atoms with Crippen LogP contribution in [0.2, 0.25) is 0 Å². The SMILES string of the molecule is CCCc1nnc2c(=O)[nH]c3cc(C(=O)N4CCc5ccc(F)cc5C4)ccc3n12. The van der Waals surface area contributed by atoms with Crippen LogP contribution in [0, 0.1) is 5.82 Å². The molecule has 0 fully saturated rings. The molecule has 0 atom stereocenters. The molecule has 5 rings (SSSR count). The Hall–Kier alpha value is -3.55. The molecule has 0 spiro atoms. The van der Waals surface area contributed by atoms with Crippen molar-refractivity contribution in [2.24, 2.45) is 0 Å². The smallest absolute Gasteiger partial charge is 0.294 e. The van der Waals surface area contributed by atoms with Crippen molar-refractivity contribution in [3.8, 4) is 0 Å². The van der Waals surface area contributed by atoms with E-state index < -0.39 is 0 Å². The van der Waals surface area contributed by atoms with Crippen molar-refractivity contribution in [2.75, 3.05) is 6.54 Å². The van der Waals surface area contributed by atoms with E-state index in [-0.39, 0.29) is 22.9 Å². The van der Waals surface area contributed by atoms with Crippen molar-refractivity contribution in [1.29, 1.82) is 0 Å². The third kappa shape index (κ3) is 2.96. The zero-order valence-electron chi connectivity index (χ0n) is 16.5. The van der Waals surface area contributed by atoms with Crippen LogP contribution in [-0.2, 0) is 19.4 Å². The zero-order valence-corrected chi connectivity index (χ0v) is 16.5. The summed E-state index contributed by atoms with van der Waals surface area (Å²) < 4.78 is 15.4. The van der Waals surface area contributed by atoms with Gasteiger partial charge in [0.1, 0.15) is 11.6 Å². The quantitative estimate of drug-likeness (QED) is 0.568. The summed E-state index contributed by atoms with van der Waals surface area (Å²) in [6, 6.07) is 9.98. The fraction of sp³-hybridized carbons (Fsp3) is 0.273. The first-order valence-corrected chi connectivity index (χ1v) is 10.0. The number of nitrogens with one attached hydrogen (secondary N) is 1. The van der Waals surface area contributed by atoms with Crippen LogP contribution in [0.5, 0.6) is 0 Å². The average Bonchev–Trinajstić information content (AvgIpc) is 3.17. The van der Waals surface area contributed by atoms with E-state index in [1.807, 2.05) is 13.0 Å². The number of hydrogen-bond donors (Lipinski definition) is 1. The van der Waals surface area contributed by atoms with Gasteiger partial charge in [0.05, 0.1) is 11.0 Å². The molecule has 0 saturated heterocycles. The lowest BCUT2D eigenvalue weighted by molar-refractivity contribution is 0.0734. The second-order valence-electron chi connectivity index (χ2n) is 7.60. The lowest BCUT2D eigenvalue weighted by atomic mass is 9.99. The molecule has 4 aromatic rings. The number of rotatable bonds is 3. The third-order valence-corrected chi connectivity index (χ3v) is 5.61. The van der Waals surface area contributed by atoms with E-state index in [4.69, 9.17) is 0 Å². The number of nitrogens with zero attached hydrogens (tertiary/aromatic N) is 4. The maximum Gasteiger partial charge on any atom is 0.294 e. The molecule has 1 N–H and O–H groups in total. The van der Waals surface area contributed by atoms with Crippen molar-refractivity contribution in [1.82, 2.24) is 24.5 Å². The van der Waals surface area contributed by atoms with Gasteiger partial charge in [-0.05, 0) is 54.3 Å². The van der Waals surface area contributed by atoms with Crippen LogP contribution < -0.4 is 5.56 Å². The van der Waals surface area contributed by atoms with Gasteiger partial charge >= 0.3 is 0 Å². The van der Waals surface area contributed by atoms with Crippen LogP contribution in [0.15, 0.2) is 41.2 Å². The van der Waals surface area contributed by atoms with Crippen LogP contribution in [0.3, 0.4) is 0 Å². The van der Waals surface area contributed by atoms with E-state index in [0.717, 1.165) is 28.9 Å². The van der Waals surface area contributed by atoms with Gasteiger partial charge in [-0.2, -0.15) is 0 Å². The van der Waals surface area contributed by atoms with Gasteiger partial charge in [-0.1, -0.05) is 13.0 Å². The number of aromatic nitrogens is 4. The molecular weight excluding hydrogens is 385 g/mol. The number of halogens is 1. The fourth-order valence-electron chi connectivity index (χ4n) is 4.13. The molecular formula is C22H20FN5O2. The predicted octanol–water partition coefficient (Wildman–Crippen LogP) is 2.86. The first-order valence-electron chi connectivity index (χ1n) is 10.0. The highest BCUT2D eigenvalue weighted by molar-refractivity contribution is 5.97. The number of aryl methyl sites for hydroxylation is 1. The Kier molecular flexibility index (Phi) is 4.34. The molecule has 2 aromatic heterocycles. The summed E-state index contributed by atoms with van der Waals surface area (Å²) in [7, 11) is 0. The summed E-state index contributed by atoms with van der Waals surface area (Å²) in [5.41, 5.74) is 3.59. The van der Waals surface area contributed by atoms with Gasteiger partial charge in [-0.15, -0.1) is 10.2 Å². The van der Waals surface area contributed by atoms with Crippen LogP contribution in [0.4, 0.5) is 4.39 Å². The van der Waals surface area contributed by atoms with Crippen LogP contribution in [0.1, 0.15) is 40.7 Å². The zero-order chi connectivity index (χ0) is 20.8. The maximum absolute atomic E-state index is 13.6. The van der Waals surface area contributed by atoms with E-state index in [2.05, 4.69) is 15.2 Å². The Morgan fingerprint density at radius 2 is 2.03 bits per heavy atom. The van der Waals surface area contributed by atoms with Crippen LogP contribution in [-0.4, -0.2) is 36.9 Å². The predicted molar refractivity (Wildman–Crippen MR) is 110 cm³/mol. The molecule has 1 amide bonds. The molecule has 1 aliphatic rings. The summed E-state index contributed by atoms with van der Waals surface area (Å²) in [6.07, 6.45) is 2.26. The van der Waals surface area contributed by atoms with Gasteiger partial charge in [0.2, 0.25) is 5.65 Å². The standard InChI is InChI=1S/C22H20FN5O2/c1-2-3-19-25-26-20-21(29)24-17-11-14(5-7-18(17)28(19)20)22(30)27-9-8-13-4-6-16(23)10-15(13)12-27/h4-7,10-11H,2-3,8-9,12H2,1H3,(H,24,29). The number of benzene rings is 2. The Morgan fingerprint density at radius 1 is 1.17 bits per heavy atom. The van der Waals surface area contributed by atoms with Gasteiger partial charge in [0.15, 0.2) is 0 Å². The Bertz CT molecular complexity index is 1360. The van der Waals surface area contributed by atoms with E-state index in [1.54, 1.807) is 27.5 Å². The number of hydrogen-bond acceptors (Lipinski definition) is 4. The summed E-state index contributed by atoms with van der Waals surface area (Å²) in [5.74, 6) is 0.273. The number of fused-ring (bicyclic) bond motifs is 4. The summed E-state index contributed by atoms with van der Waals surface area (Å²) in [4.78, 5) is 30.1. The molecule has 8 heteroatoms. The molecule has 7 nitrogen and oxygen atoms in total. The third-order valence-electron chi connectivity index (χ3n) is 5.61. The lowest BCUT2D eigenvalue weighted by Crippen LogP contribution is -2.36. The minimum absolute atomic E-state index is 0.148. The second-order valence-corrected chi connectivity index (χ2v) is 7.60. The van der Waals surface area contributed by atoms with E-state index in [0.29, 0.717) is 37.0 Å². The largest absolute Gasteiger partial charge is 0.334 e. The van der Waals surface area contributed by atoms with E-state index >= 15 is 0 Å². The highest BCUT2D eigenvalue weighted by Crippen LogP contribution is 2.23. The number of carbonyl (C=O) groups excluding carboxylic acids is 1. The maximum atomic E-state index is 13.6. The minimum Gasteiger partial charge on any atom is -0.334 e. The van der Waals surface area contributed by atoms with Gasteiger partial charge in [0, 0.05) is 25.1 Å². The average molecular weight is 405 g/mol. The summed E-state index contributed by atoms with van der Waals surface area (Å²) in [5, 5.41) is 8.15. The lowest BCUT2D eigenvalue weighted by Gasteiger charge is -2.29. The Labute approximate surface area is 171 Å². The molecule has 30 heavy (non-hydrogen) atoms. The molecule has 2 aromatic carbocycles.